The van der Waals surface area contributed by atoms with E-state index in [9.17, 15) is 14.4 Å². The molecular formula is C11H18N2O5. The van der Waals surface area contributed by atoms with Crippen LogP contribution in [0.15, 0.2) is 0 Å². The zero-order valence-electron chi connectivity index (χ0n) is 9.96. The van der Waals surface area contributed by atoms with Crippen LogP contribution >= 0.6 is 0 Å². The average molecular weight is 258 g/mol. The number of carbonyl (C=O) groups excluding carboxylic acids is 1. The van der Waals surface area contributed by atoms with E-state index in [1.54, 1.807) is 0 Å². The fourth-order valence-corrected chi connectivity index (χ4v) is 2.07. The lowest BCUT2D eigenvalue weighted by Crippen LogP contribution is -2.43. The largest absolute Gasteiger partial charge is 0.481 e. The highest BCUT2D eigenvalue weighted by Crippen LogP contribution is 2.24. The van der Waals surface area contributed by atoms with E-state index < -0.39 is 18.0 Å². The van der Waals surface area contributed by atoms with Gasteiger partial charge in [0.05, 0.1) is 0 Å². The summed E-state index contributed by atoms with van der Waals surface area (Å²) in [5, 5.41) is 19.8. The molecule has 0 radical (unpaired) electrons. The maximum atomic E-state index is 11.8. The molecule has 1 saturated carbocycles. The Morgan fingerprint density at radius 1 is 1.28 bits per heavy atom. The lowest BCUT2D eigenvalue weighted by Gasteiger charge is -2.16. The number of nitrogens with two attached hydrogens (primary N) is 1. The van der Waals surface area contributed by atoms with Gasteiger partial charge in [0.15, 0.2) is 0 Å². The Hall–Kier alpha value is -1.63. The Kier molecular flexibility index (Phi) is 5.08. The van der Waals surface area contributed by atoms with Crippen molar-refractivity contribution in [1.29, 1.82) is 0 Å². The molecule has 0 aliphatic heterocycles. The van der Waals surface area contributed by atoms with Gasteiger partial charge in [-0.05, 0) is 25.7 Å². The molecule has 1 fully saturated rings. The Balaban J connectivity index is 2.47. The number of hydrogen-bond acceptors (Lipinski definition) is 4. The molecule has 1 rings (SSSR count). The van der Waals surface area contributed by atoms with Crippen molar-refractivity contribution in [2.24, 2.45) is 11.7 Å². The molecule has 0 aromatic rings. The highest BCUT2D eigenvalue weighted by Gasteiger charge is 2.30. The molecule has 2 unspecified atom stereocenters. The van der Waals surface area contributed by atoms with Crippen molar-refractivity contribution in [3.05, 3.63) is 0 Å². The first-order valence-electron chi connectivity index (χ1n) is 5.90. The van der Waals surface area contributed by atoms with Gasteiger partial charge in [-0.25, -0.2) is 4.79 Å². The van der Waals surface area contributed by atoms with E-state index in [0.29, 0.717) is 12.8 Å². The summed E-state index contributed by atoms with van der Waals surface area (Å²) in [6.45, 7) is 0. The molecule has 1 aliphatic rings. The smallest absolute Gasteiger partial charge is 0.326 e. The number of nitrogens with one attached hydrogen (secondary N) is 1. The van der Waals surface area contributed by atoms with E-state index in [4.69, 9.17) is 15.9 Å². The third-order valence-electron chi connectivity index (χ3n) is 3.11. The Morgan fingerprint density at radius 3 is 2.39 bits per heavy atom. The number of aliphatic carboxylic acids is 2. The van der Waals surface area contributed by atoms with Gasteiger partial charge >= 0.3 is 11.9 Å². The highest BCUT2D eigenvalue weighted by molar-refractivity contribution is 5.85. The van der Waals surface area contributed by atoms with Crippen LogP contribution in [0.2, 0.25) is 0 Å². The van der Waals surface area contributed by atoms with Crippen LogP contribution in [0.1, 0.15) is 32.1 Å². The normalized spacial score (nSPS) is 24.5. The Bertz CT molecular complexity index is 344. The number of carboxylic acids is 2. The molecule has 102 valence electrons. The first kappa shape index (κ1) is 14.4. The number of carboxylic acid groups (broad SMARTS) is 2. The van der Waals surface area contributed by atoms with E-state index in [0.717, 1.165) is 6.42 Å². The lowest BCUT2D eigenvalue weighted by molar-refractivity contribution is -0.143. The molecule has 0 spiro atoms. The van der Waals surface area contributed by atoms with E-state index in [2.05, 4.69) is 5.32 Å². The minimum atomic E-state index is -1.22. The lowest BCUT2D eigenvalue weighted by atomic mass is 10.1. The van der Waals surface area contributed by atoms with Crippen molar-refractivity contribution in [1.82, 2.24) is 5.32 Å². The fourth-order valence-electron chi connectivity index (χ4n) is 2.07. The monoisotopic (exact) mass is 258 g/mol. The van der Waals surface area contributed by atoms with E-state index >= 15 is 0 Å². The third kappa shape index (κ3) is 4.33. The van der Waals surface area contributed by atoms with E-state index in [-0.39, 0.29) is 30.7 Å². The number of rotatable bonds is 6. The predicted octanol–water partition coefficient (Wildman–Crippen LogP) is -0.452. The van der Waals surface area contributed by atoms with Crippen molar-refractivity contribution < 1.29 is 24.6 Å². The molecule has 3 atom stereocenters. The molecule has 0 aromatic carbocycles. The topological polar surface area (TPSA) is 130 Å². The molecule has 7 nitrogen and oxygen atoms in total. The summed E-state index contributed by atoms with van der Waals surface area (Å²) < 4.78 is 0. The van der Waals surface area contributed by atoms with Crippen LogP contribution in [0.4, 0.5) is 0 Å². The summed E-state index contributed by atoms with van der Waals surface area (Å²) >= 11 is 0. The highest BCUT2D eigenvalue weighted by atomic mass is 16.4. The van der Waals surface area contributed by atoms with Crippen LogP contribution < -0.4 is 11.1 Å². The van der Waals surface area contributed by atoms with Gasteiger partial charge in [0.1, 0.15) is 6.04 Å². The fraction of sp³-hybridized carbons (Fsp3) is 0.727. The van der Waals surface area contributed by atoms with Gasteiger partial charge < -0.3 is 21.3 Å². The number of amides is 1. The minimum Gasteiger partial charge on any atom is -0.481 e. The third-order valence-corrected chi connectivity index (χ3v) is 3.11. The standard InChI is InChI=1S/C11H18N2O5/c12-7-2-1-6(5-7)10(16)13-8(11(17)18)3-4-9(14)15/h6-8H,1-5,12H2,(H,13,16)(H,14,15)(H,17,18)/t6?,7?,8-/m0/s1. The van der Waals surface area contributed by atoms with Crippen LogP contribution in [0.5, 0.6) is 0 Å². The summed E-state index contributed by atoms with van der Waals surface area (Å²) in [5.41, 5.74) is 5.68. The maximum Gasteiger partial charge on any atom is 0.326 e. The molecule has 0 saturated heterocycles. The molecule has 5 N–H and O–H groups in total. The second-order valence-electron chi connectivity index (χ2n) is 4.60. The molecule has 0 aromatic heterocycles. The molecule has 0 heterocycles. The van der Waals surface area contributed by atoms with E-state index in [1.807, 2.05) is 0 Å². The second-order valence-corrected chi connectivity index (χ2v) is 4.60. The predicted molar refractivity (Wildman–Crippen MR) is 61.8 cm³/mol. The quantitative estimate of drug-likeness (QED) is 0.510. The van der Waals surface area contributed by atoms with Gasteiger partial charge in [0, 0.05) is 18.4 Å². The van der Waals surface area contributed by atoms with Crippen molar-refractivity contribution in [2.45, 2.75) is 44.2 Å². The van der Waals surface area contributed by atoms with Crippen LogP contribution in [0.25, 0.3) is 0 Å². The average Bonchev–Trinajstić information content (AvgIpc) is 2.70. The van der Waals surface area contributed by atoms with E-state index in [1.165, 1.54) is 0 Å². The maximum absolute atomic E-state index is 11.8. The van der Waals surface area contributed by atoms with Gasteiger partial charge in [0.25, 0.3) is 0 Å². The van der Waals surface area contributed by atoms with Gasteiger partial charge in [-0.15, -0.1) is 0 Å². The van der Waals surface area contributed by atoms with Crippen LogP contribution in [-0.2, 0) is 14.4 Å². The molecule has 1 amide bonds. The van der Waals surface area contributed by atoms with Crippen LogP contribution in [0.3, 0.4) is 0 Å². The van der Waals surface area contributed by atoms with Gasteiger partial charge in [-0.1, -0.05) is 0 Å². The van der Waals surface area contributed by atoms with Gasteiger partial charge in [0.2, 0.25) is 5.91 Å². The van der Waals surface area contributed by atoms with Crippen molar-refractivity contribution >= 4 is 17.8 Å². The second kappa shape index (κ2) is 6.34. The summed E-state index contributed by atoms with van der Waals surface area (Å²) in [5.74, 6) is -2.90. The molecular weight excluding hydrogens is 240 g/mol. The van der Waals surface area contributed by atoms with Crippen LogP contribution in [0, 0.1) is 5.92 Å². The van der Waals surface area contributed by atoms with Crippen molar-refractivity contribution in [3.63, 3.8) is 0 Å². The zero-order valence-corrected chi connectivity index (χ0v) is 9.96. The zero-order chi connectivity index (χ0) is 13.7. The molecule has 1 aliphatic carbocycles. The van der Waals surface area contributed by atoms with Gasteiger partial charge in [-0.2, -0.15) is 0 Å². The first-order chi connectivity index (χ1) is 8.40. The number of hydrogen-bond donors (Lipinski definition) is 4. The SMILES string of the molecule is NC1CCC(C(=O)N[C@@H](CCC(=O)O)C(=O)O)C1. The molecule has 0 bridgehead atoms. The summed E-state index contributed by atoms with van der Waals surface area (Å²) in [7, 11) is 0. The molecule has 7 heteroatoms. The first-order valence-corrected chi connectivity index (χ1v) is 5.90. The summed E-state index contributed by atoms with van der Waals surface area (Å²) in [4.78, 5) is 33.1. The Morgan fingerprint density at radius 2 is 1.94 bits per heavy atom. The van der Waals surface area contributed by atoms with Crippen LogP contribution in [-0.4, -0.2) is 40.1 Å². The summed E-state index contributed by atoms with van der Waals surface area (Å²) in [6.07, 6.45) is 1.55. The van der Waals surface area contributed by atoms with Crippen molar-refractivity contribution in [2.75, 3.05) is 0 Å². The minimum absolute atomic E-state index is 0.0111. The number of carbonyl (C=O) groups is 3. The van der Waals surface area contributed by atoms with Gasteiger partial charge in [-0.3, -0.25) is 9.59 Å². The Labute approximate surface area is 104 Å². The summed E-state index contributed by atoms with van der Waals surface area (Å²) in [6, 6.07) is -1.16. The van der Waals surface area contributed by atoms with Crippen molar-refractivity contribution in [3.8, 4) is 0 Å². The molecule has 18 heavy (non-hydrogen) atoms.